The maximum absolute atomic E-state index is 13.1. The number of halogens is 2. The second-order valence-electron chi connectivity index (χ2n) is 5.38. The lowest BCUT2D eigenvalue weighted by Gasteiger charge is -2.30. The Kier molecular flexibility index (Phi) is 4.65. The van der Waals surface area contributed by atoms with E-state index in [2.05, 4.69) is 4.72 Å². The molecule has 0 radical (unpaired) electrons. The fourth-order valence-electron chi connectivity index (χ4n) is 1.52. The fourth-order valence-corrected chi connectivity index (χ4v) is 3.01. The molecule has 108 valence electrons. The molecule has 1 unspecified atom stereocenters. The van der Waals surface area contributed by atoms with Gasteiger partial charge < -0.3 is 5.73 Å². The van der Waals surface area contributed by atoms with Crippen LogP contribution in [0.4, 0.5) is 8.78 Å². The Morgan fingerprint density at radius 1 is 1.21 bits per heavy atom. The summed E-state index contributed by atoms with van der Waals surface area (Å²) in [6.07, 6.45) is 0. The summed E-state index contributed by atoms with van der Waals surface area (Å²) in [5.74, 6) is -1.89. The van der Waals surface area contributed by atoms with Crippen LogP contribution in [-0.4, -0.2) is 21.0 Å². The van der Waals surface area contributed by atoms with Gasteiger partial charge in [-0.15, -0.1) is 0 Å². The van der Waals surface area contributed by atoms with E-state index in [0.717, 1.165) is 12.1 Å². The minimum atomic E-state index is -4.01. The number of sulfonamides is 1. The van der Waals surface area contributed by atoms with Crippen molar-refractivity contribution >= 4 is 10.0 Å². The lowest BCUT2D eigenvalue weighted by molar-refractivity contribution is 0.304. The Hall–Kier alpha value is -1.05. The van der Waals surface area contributed by atoms with Crippen LogP contribution in [0.25, 0.3) is 0 Å². The highest BCUT2D eigenvalue weighted by Gasteiger charge is 2.29. The first-order chi connectivity index (χ1) is 8.56. The van der Waals surface area contributed by atoms with Crippen LogP contribution in [0.2, 0.25) is 0 Å². The largest absolute Gasteiger partial charge is 0.329 e. The number of hydrogen-bond donors (Lipinski definition) is 2. The molecule has 1 rings (SSSR count). The molecule has 19 heavy (non-hydrogen) atoms. The van der Waals surface area contributed by atoms with Gasteiger partial charge in [0.25, 0.3) is 0 Å². The van der Waals surface area contributed by atoms with Crippen molar-refractivity contribution in [1.82, 2.24) is 4.72 Å². The molecular weight excluding hydrogens is 274 g/mol. The molecule has 1 aromatic carbocycles. The molecule has 0 saturated carbocycles. The summed E-state index contributed by atoms with van der Waals surface area (Å²) in [6.45, 7) is 5.54. The molecule has 0 saturated heterocycles. The third-order valence-corrected chi connectivity index (χ3v) is 4.18. The van der Waals surface area contributed by atoms with Gasteiger partial charge in [0.15, 0.2) is 0 Å². The van der Waals surface area contributed by atoms with Crippen molar-refractivity contribution in [3.05, 3.63) is 29.8 Å². The molecule has 0 aliphatic carbocycles. The Balaban J connectivity index is 3.11. The summed E-state index contributed by atoms with van der Waals surface area (Å²) in [6, 6.07) is 1.61. The van der Waals surface area contributed by atoms with E-state index in [9.17, 15) is 17.2 Å². The first-order valence-electron chi connectivity index (χ1n) is 5.75. The van der Waals surface area contributed by atoms with Gasteiger partial charge in [-0.05, 0) is 17.5 Å². The Morgan fingerprint density at radius 2 is 1.68 bits per heavy atom. The van der Waals surface area contributed by atoms with Gasteiger partial charge in [-0.1, -0.05) is 20.8 Å². The summed E-state index contributed by atoms with van der Waals surface area (Å²) in [5, 5.41) is 0. The standard InChI is InChI=1S/C12H18F2N2O2S/c1-12(2,3)11(7-15)16-19(17,18)10-5-8(13)4-9(14)6-10/h4-6,11,16H,7,15H2,1-3H3. The Bertz CT molecular complexity index is 533. The maximum Gasteiger partial charge on any atom is 0.241 e. The summed E-state index contributed by atoms with van der Waals surface area (Å²) in [7, 11) is -4.01. The number of hydrogen-bond acceptors (Lipinski definition) is 3. The number of rotatable bonds is 4. The minimum absolute atomic E-state index is 0.0839. The normalized spacial score (nSPS) is 14.4. The smallest absolute Gasteiger partial charge is 0.241 e. The van der Waals surface area contributed by atoms with Gasteiger partial charge in [0.2, 0.25) is 10.0 Å². The molecule has 0 fully saturated rings. The van der Waals surface area contributed by atoms with Crippen molar-refractivity contribution in [2.45, 2.75) is 31.7 Å². The number of nitrogens with one attached hydrogen (secondary N) is 1. The van der Waals surface area contributed by atoms with Crippen molar-refractivity contribution in [3.63, 3.8) is 0 Å². The Morgan fingerprint density at radius 3 is 2.05 bits per heavy atom. The first-order valence-corrected chi connectivity index (χ1v) is 7.23. The van der Waals surface area contributed by atoms with Gasteiger partial charge >= 0.3 is 0 Å². The Labute approximate surface area is 112 Å². The quantitative estimate of drug-likeness (QED) is 0.885. The average molecular weight is 292 g/mol. The van der Waals surface area contributed by atoms with Crippen LogP contribution < -0.4 is 10.5 Å². The highest BCUT2D eigenvalue weighted by molar-refractivity contribution is 7.89. The second kappa shape index (κ2) is 5.52. The molecule has 0 aromatic heterocycles. The van der Waals surface area contributed by atoms with Crippen LogP contribution >= 0.6 is 0 Å². The van der Waals surface area contributed by atoms with E-state index in [1.165, 1.54) is 0 Å². The molecule has 0 aliphatic heterocycles. The molecule has 0 heterocycles. The van der Waals surface area contributed by atoms with E-state index in [1.54, 1.807) is 0 Å². The summed E-state index contributed by atoms with van der Waals surface area (Å²) < 4.78 is 52.6. The molecular formula is C12H18F2N2O2S. The van der Waals surface area contributed by atoms with Gasteiger partial charge in [0.1, 0.15) is 11.6 Å². The molecule has 0 aliphatic rings. The SMILES string of the molecule is CC(C)(C)C(CN)NS(=O)(=O)c1cc(F)cc(F)c1. The van der Waals surface area contributed by atoms with Gasteiger partial charge in [0, 0.05) is 18.7 Å². The van der Waals surface area contributed by atoms with Crippen molar-refractivity contribution in [3.8, 4) is 0 Å². The molecule has 0 bridgehead atoms. The average Bonchev–Trinajstić information content (AvgIpc) is 2.23. The predicted octanol–water partition coefficient (Wildman–Crippen LogP) is 1.62. The monoisotopic (exact) mass is 292 g/mol. The predicted molar refractivity (Wildman–Crippen MR) is 69.0 cm³/mol. The molecule has 3 N–H and O–H groups in total. The fraction of sp³-hybridized carbons (Fsp3) is 0.500. The van der Waals surface area contributed by atoms with E-state index >= 15 is 0 Å². The van der Waals surface area contributed by atoms with Crippen molar-refractivity contribution in [1.29, 1.82) is 0 Å². The molecule has 0 amide bonds. The molecule has 1 aromatic rings. The lowest BCUT2D eigenvalue weighted by atomic mass is 9.88. The van der Waals surface area contributed by atoms with Crippen LogP contribution in [0.15, 0.2) is 23.1 Å². The van der Waals surface area contributed by atoms with Gasteiger partial charge in [-0.2, -0.15) is 0 Å². The lowest BCUT2D eigenvalue weighted by Crippen LogP contribution is -2.48. The van der Waals surface area contributed by atoms with E-state index in [0.29, 0.717) is 6.07 Å². The van der Waals surface area contributed by atoms with E-state index in [-0.39, 0.29) is 6.54 Å². The van der Waals surface area contributed by atoms with Crippen LogP contribution in [0.3, 0.4) is 0 Å². The zero-order valence-corrected chi connectivity index (χ0v) is 11.9. The molecule has 1 atom stereocenters. The van der Waals surface area contributed by atoms with E-state index in [1.807, 2.05) is 20.8 Å². The zero-order valence-electron chi connectivity index (χ0n) is 11.1. The highest BCUT2D eigenvalue weighted by Crippen LogP contribution is 2.21. The summed E-state index contributed by atoms with van der Waals surface area (Å²) in [5.41, 5.74) is 5.12. The third-order valence-electron chi connectivity index (χ3n) is 2.72. The number of nitrogens with two attached hydrogens (primary N) is 1. The van der Waals surface area contributed by atoms with Crippen molar-refractivity contribution in [2.24, 2.45) is 11.1 Å². The van der Waals surface area contributed by atoms with Gasteiger partial charge in [0.05, 0.1) is 4.90 Å². The van der Waals surface area contributed by atoms with Crippen LogP contribution in [-0.2, 0) is 10.0 Å². The van der Waals surface area contributed by atoms with Crippen molar-refractivity contribution < 1.29 is 17.2 Å². The van der Waals surface area contributed by atoms with Crippen molar-refractivity contribution in [2.75, 3.05) is 6.54 Å². The summed E-state index contributed by atoms with van der Waals surface area (Å²) in [4.78, 5) is -0.451. The maximum atomic E-state index is 13.1. The number of benzene rings is 1. The van der Waals surface area contributed by atoms with Crippen LogP contribution in [0.5, 0.6) is 0 Å². The highest BCUT2D eigenvalue weighted by atomic mass is 32.2. The summed E-state index contributed by atoms with van der Waals surface area (Å²) >= 11 is 0. The first kappa shape index (κ1) is 16.0. The molecule has 4 nitrogen and oxygen atoms in total. The third kappa shape index (κ3) is 4.22. The van der Waals surface area contributed by atoms with Gasteiger partial charge in [-0.3, -0.25) is 0 Å². The van der Waals surface area contributed by atoms with E-state index < -0.39 is 38.0 Å². The van der Waals surface area contributed by atoms with Crippen LogP contribution in [0, 0.1) is 17.0 Å². The molecule has 7 heteroatoms. The minimum Gasteiger partial charge on any atom is -0.329 e. The second-order valence-corrected chi connectivity index (χ2v) is 7.09. The molecule has 0 spiro atoms. The van der Waals surface area contributed by atoms with Crippen LogP contribution in [0.1, 0.15) is 20.8 Å². The van der Waals surface area contributed by atoms with E-state index in [4.69, 9.17) is 5.73 Å². The topological polar surface area (TPSA) is 72.2 Å². The van der Waals surface area contributed by atoms with Gasteiger partial charge in [-0.25, -0.2) is 21.9 Å². The zero-order chi connectivity index (χ0) is 14.8.